The Bertz CT molecular complexity index is 534. The van der Waals surface area contributed by atoms with Crippen molar-refractivity contribution < 1.29 is 9.59 Å². The molecule has 0 spiro atoms. The van der Waals surface area contributed by atoms with Gasteiger partial charge in [0.25, 0.3) is 0 Å². The van der Waals surface area contributed by atoms with Crippen molar-refractivity contribution in [3.63, 3.8) is 0 Å². The number of aldehydes is 1. The van der Waals surface area contributed by atoms with Crippen molar-refractivity contribution in [2.24, 2.45) is 0 Å². The monoisotopic (exact) mass is 446 g/mol. The lowest BCUT2D eigenvalue weighted by Crippen LogP contribution is -2.08. The van der Waals surface area contributed by atoms with Gasteiger partial charge in [-0.25, -0.2) is 0 Å². The maximum absolute atomic E-state index is 11.3. The van der Waals surface area contributed by atoms with Gasteiger partial charge in [-0.05, 0) is 51.2 Å². The zero-order chi connectivity index (χ0) is 25.8. The molecule has 0 aliphatic heterocycles. The molecule has 2 heteroatoms. The van der Waals surface area contributed by atoms with Crippen LogP contribution in [0.5, 0.6) is 0 Å². The molecule has 2 nitrogen and oxygen atoms in total. The average Bonchev–Trinajstić information content (AvgIpc) is 3.68. The van der Waals surface area contributed by atoms with Crippen molar-refractivity contribution in [1.82, 2.24) is 0 Å². The summed E-state index contributed by atoms with van der Waals surface area (Å²) in [5.41, 5.74) is 3.03. The van der Waals surface area contributed by atoms with E-state index in [1.807, 2.05) is 71.9 Å². The topological polar surface area (TPSA) is 34.1 Å². The van der Waals surface area contributed by atoms with Crippen LogP contribution in [0.2, 0.25) is 0 Å². The molecule has 32 heavy (non-hydrogen) atoms. The normalized spacial score (nSPS) is 10.7. The highest BCUT2D eigenvalue weighted by Crippen LogP contribution is 2.21. The molecule has 0 radical (unpaired) electrons. The van der Waals surface area contributed by atoms with Crippen molar-refractivity contribution >= 4 is 12.1 Å². The van der Waals surface area contributed by atoms with Gasteiger partial charge in [0.15, 0.2) is 0 Å². The maximum Gasteiger partial charge on any atom is 0.145 e. The van der Waals surface area contributed by atoms with Crippen LogP contribution in [0.3, 0.4) is 0 Å². The SMILES string of the molecule is C1CC1.C=C(C)C.C=C(C=O)CCCC.CC.CC.CCCC(C(C)=O)c1ccccc1. The maximum atomic E-state index is 11.3. The molecule has 1 aliphatic rings. The summed E-state index contributed by atoms with van der Waals surface area (Å²) in [4.78, 5) is 21.2. The molecule has 1 aromatic carbocycles. The lowest BCUT2D eigenvalue weighted by Gasteiger charge is -2.12. The fourth-order valence-corrected chi connectivity index (χ4v) is 2.04. The second kappa shape index (κ2) is 31.2. The molecule has 1 atom stereocenters. The summed E-state index contributed by atoms with van der Waals surface area (Å²) in [5.74, 6) is 0.374. The van der Waals surface area contributed by atoms with Gasteiger partial charge < -0.3 is 0 Å². The van der Waals surface area contributed by atoms with Crippen molar-refractivity contribution in [2.75, 3.05) is 0 Å². The standard InChI is InChI=1S/C12H16O.C7H12O.C4H8.C3H6.2C2H6/c1-3-7-12(10(2)13)11-8-5-4-6-9-11;1-3-4-5-7(2)6-8;1-4(2)3;1-2-3-1;2*1-2/h4-6,8-9,12H,3,7H2,1-2H3;6H,2-5H2,1H3;1H2,2-3H3;1-3H2;2*1-2H3. The lowest BCUT2D eigenvalue weighted by molar-refractivity contribution is -0.118. The van der Waals surface area contributed by atoms with Gasteiger partial charge in [-0.15, -0.1) is 6.58 Å². The first-order chi connectivity index (χ1) is 15.3. The number of carbonyl (C=O) groups excluding carboxylic acids is 2. The molecule has 0 saturated heterocycles. The van der Waals surface area contributed by atoms with E-state index in [2.05, 4.69) is 27.0 Å². The van der Waals surface area contributed by atoms with E-state index >= 15 is 0 Å². The Labute approximate surface area is 201 Å². The molecule has 0 aromatic heterocycles. The van der Waals surface area contributed by atoms with Gasteiger partial charge >= 0.3 is 0 Å². The summed E-state index contributed by atoms with van der Waals surface area (Å²) in [7, 11) is 0. The van der Waals surface area contributed by atoms with Crippen molar-refractivity contribution in [1.29, 1.82) is 0 Å². The molecule has 0 heterocycles. The second-order valence-corrected chi connectivity index (χ2v) is 7.51. The number of unbranched alkanes of at least 4 members (excludes halogenated alkanes) is 1. The van der Waals surface area contributed by atoms with Crippen LogP contribution < -0.4 is 0 Å². The van der Waals surface area contributed by atoms with Crippen LogP contribution >= 0.6 is 0 Å². The van der Waals surface area contributed by atoms with Crippen LogP contribution in [-0.2, 0) is 9.59 Å². The van der Waals surface area contributed by atoms with Gasteiger partial charge in [-0.1, -0.05) is 116 Å². The minimum Gasteiger partial charge on any atom is -0.299 e. The van der Waals surface area contributed by atoms with Crippen molar-refractivity contribution in [3.8, 4) is 0 Å². The van der Waals surface area contributed by atoms with Crippen LogP contribution in [0.1, 0.15) is 125 Å². The first-order valence-corrected chi connectivity index (χ1v) is 12.6. The predicted molar refractivity (Wildman–Crippen MR) is 147 cm³/mol. The number of hydrogen-bond donors (Lipinski definition) is 0. The Morgan fingerprint density at radius 2 is 1.34 bits per heavy atom. The molecule has 1 aromatic rings. The minimum absolute atomic E-state index is 0.103. The van der Waals surface area contributed by atoms with Crippen LogP contribution in [0.25, 0.3) is 0 Å². The smallest absolute Gasteiger partial charge is 0.145 e. The number of Topliss-reactive ketones (excluding diaryl/α,β-unsaturated/α-hetero) is 1. The molecule has 1 unspecified atom stereocenters. The fraction of sp³-hybridized carbons (Fsp3) is 0.600. The molecule has 0 amide bonds. The number of hydrogen-bond acceptors (Lipinski definition) is 2. The zero-order valence-corrected chi connectivity index (χ0v) is 22.9. The summed E-state index contributed by atoms with van der Waals surface area (Å²) in [5, 5.41) is 0. The number of benzene rings is 1. The molecule has 1 fully saturated rings. The van der Waals surface area contributed by atoms with E-state index in [0.717, 1.165) is 44.0 Å². The van der Waals surface area contributed by atoms with E-state index in [9.17, 15) is 9.59 Å². The highest BCUT2D eigenvalue weighted by Gasteiger charge is 2.14. The van der Waals surface area contributed by atoms with Crippen molar-refractivity contribution in [3.05, 3.63) is 60.2 Å². The number of ketones is 1. The molecule has 0 bridgehead atoms. The summed E-state index contributed by atoms with van der Waals surface area (Å²) in [6, 6.07) is 10.0. The molecular weight excluding hydrogens is 392 g/mol. The van der Waals surface area contributed by atoms with Gasteiger partial charge in [0.05, 0.1) is 0 Å². The summed E-state index contributed by atoms with van der Waals surface area (Å²) in [6.07, 6.45) is 10.4. The largest absolute Gasteiger partial charge is 0.299 e. The summed E-state index contributed by atoms with van der Waals surface area (Å²) >= 11 is 0. The van der Waals surface area contributed by atoms with E-state index in [1.165, 1.54) is 24.8 Å². The zero-order valence-electron chi connectivity index (χ0n) is 22.9. The average molecular weight is 447 g/mol. The lowest BCUT2D eigenvalue weighted by atomic mass is 9.91. The van der Waals surface area contributed by atoms with Gasteiger partial charge in [0, 0.05) is 5.92 Å². The predicted octanol–water partition coefficient (Wildman–Crippen LogP) is 9.90. The third kappa shape index (κ3) is 35.5. The Morgan fingerprint density at radius 1 is 0.906 bits per heavy atom. The first kappa shape index (κ1) is 37.4. The second-order valence-electron chi connectivity index (χ2n) is 7.51. The molecule has 186 valence electrons. The first-order valence-electron chi connectivity index (χ1n) is 12.6. The minimum atomic E-state index is 0.103. The molecule has 2 rings (SSSR count). The summed E-state index contributed by atoms with van der Waals surface area (Å²) in [6.45, 7) is 24.9. The van der Waals surface area contributed by atoms with E-state index in [-0.39, 0.29) is 11.7 Å². The van der Waals surface area contributed by atoms with Gasteiger partial charge in [0.1, 0.15) is 12.1 Å². The van der Waals surface area contributed by atoms with E-state index in [0.29, 0.717) is 5.57 Å². The van der Waals surface area contributed by atoms with E-state index < -0.39 is 0 Å². The van der Waals surface area contributed by atoms with Gasteiger partial charge in [-0.3, -0.25) is 9.59 Å². The van der Waals surface area contributed by atoms with E-state index in [4.69, 9.17) is 0 Å². The number of rotatable bonds is 8. The third-order valence-corrected chi connectivity index (χ3v) is 3.64. The molecule has 1 saturated carbocycles. The fourth-order valence-electron chi connectivity index (χ4n) is 2.04. The molecular formula is C30H54O2. The Hall–Kier alpha value is -1.96. The third-order valence-electron chi connectivity index (χ3n) is 3.64. The van der Waals surface area contributed by atoms with Crippen LogP contribution in [0.4, 0.5) is 0 Å². The number of allylic oxidation sites excluding steroid dienone is 2. The molecule has 0 N–H and O–H groups in total. The highest BCUT2D eigenvalue weighted by molar-refractivity contribution is 5.83. The molecule has 1 aliphatic carbocycles. The van der Waals surface area contributed by atoms with Gasteiger partial charge in [-0.2, -0.15) is 0 Å². The summed E-state index contributed by atoms with van der Waals surface area (Å²) < 4.78 is 0. The Balaban J connectivity index is -0.000000175. The Kier molecular flexibility index (Phi) is 36.5. The quantitative estimate of drug-likeness (QED) is 0.226. The van der Waals surface area contributed by atoms with Gasteiger partial charge in [0.2, 0.25) is 0 Å². The van der Waals surface area contributed by atoms with Crippen molar-refractivity contribution in [2.45, 2.75) is 120 Å². The number of carbonyl (C=O) groups is 2. The van der Waals surface area contributed by atoms with E-state index in [1.54, 1.807) is 6.92 Å². The van der Waals surface area contributed by atoms with Crippen LogP contribution in [0, 0.1) is 0 Å². The highest BCUT2D eigenvalue weighted by atomic mass is 16.1. The van der Waals surface area contributed by atoms with Crippen LogP contribution in [-0.4, -0.2) is 12.1 Å². The van der Waals surface area contributed by atoms with Crippen LogP contribution in [0.15, 0.2) is 54.6 Å². The Morgan fingerprint density at radius 3 is 1.62 bits per heavy atom.